The Hall–Kier alpha value is -1.91. The molecule has 0 aromatic heterocycles. The van der Waals surface area contributed by atoms with Gasteiger partial charge in [-0.15, -0.1) is 0 Å². The molecule has 3 nitrogen and oxygen atoms in total. The minimum absolute atomic E-state index is 0.0480. The Morgan fingerprint density at radius 1 is 1.21 bits per heavy atom. The van der Waals surface area contributed by atoms with E-state index in [-0.39, 0.29) is 17.8 Å². The third-order valence-corrected chi connectivity index (χ3v) is 4.71. The van der Waals surface area contributed by atoms with Crippen LogP contribution in [0.2, 0.25) is 5.02 Å². The van der Waals surface area contributed by atoms with Crippen molar-refractivity contribution in [1.82, 2.24) is 10.2 Å². The molecule has 0 aliphatic carbocycles. The fraction of sp³-hybridized carbons (Fsp3) is 0.316. The average molecular weight is 347 g/mol. The van der Waals surface area contributed by atoms with Crippen LogP contribution < -0.4 is 5.32 Å². The number of rotatable bonds is 4. The van der Waals surface area contributed by atoms with Crippen LogP contribution in [0.15, 0.2) is 48.5 Å². The highest BCUT2D eigenvalue weighted by atomic mass is 35.5. The first-order valence-corrected chi connectivity index (χ1v) is 8.52. The van der Waals surface area contributed by atoms with Gasteiger partial charge in [0.15, 0.2) is 0 Å². The molecule has 1 amide bonds. The summed E-state index contributed by atoms with van der Waals surface area (Å²) in [5, 5.41) is 4.01. The van der Waals surface area contributed by atoms with Gasteiger partial charge in [0, 0.05) is 31.1 Å². The second kappa shape index (κ2) is 7.77. The van der Waals surface area contributed by atoms with Crippen molar-refractivity contribution in [3.63, 3.8) is 0 Å². The predicted molar refractivity (Wildman–Crippen MR) is 93.5 cm³/mol. The van der Waals surface area contributed by atoms with Crippen molar-refractivity contribution in [2.45, 2.75) is 18.9 Å². The highest BCUT2D eigenvalue weighted by Crippen LogP contribution is 2.29. The molecule has 0 spiro atoms. The molecule has 1 N–H and O–H groups in total. The third-order valence-electron chi connectivity index (χ3n) is 4.37. The normalized spacial score (nSPS) is 17.8. The van der Waals surface area contributed by atoms with Crippen LogP contribution in [0.4, 0.5) is 4.39 Å². The molecule has 1 fully saturated rings. The summed E-state index contributed by atoms with van der Waals surface area (Å²) in [5.74, 6) is -0.156. The molecule has 5 heteroatoms. The molecule has 24 heavy (non-hydrogen) atoms. The fourth-order valence-electron chi connectivity index (χ4n) is 3.07. The van der Waals surface area contributed by atoms with Crippen LogP contribution in [0, 0.1) is 5.82 Å². The summed E-state index contributed by atoms with van der Waals surface area (Å²) in [6, 6.07) is 13.9. The Labute approximate surface area is 146 Å². The highest BCUT2D eigenvalue weighted by molar-refractivity contribution is 6.31. The Kier molecular flexibility index (Phi) is 5.48. The molecule has 0 radical (unpaired) electrons. The summed E-state index contributed by atoms with van der Waals surface area (Å²) in [7, 11) is 0. The lowest BCUT2D eigenvalue weighted by atomic mass is 10.0. The van der Waals surface area contributed by atoms with Gasteiger partial charge >= 0.3 is 0 Å². The second-order valence-corrected chi connectivity index (χ2v) is 6.36. The smallest absolute Gasteiger partial charge is 0.223 e. The Morgan fingerprint density at radius 2 is 1.96 bits per heavy atom. The van der Waals surface area contributed by atoms with Gasteiger partial charge in [-0.25, -0.2) is 4.39 Å². The molecule has 1 aliphatic heterocycles. The van der Waals surface area contributed by atoms with Gasteiger partial charge in [0.1, 0.15) is 5.82 Å². The molecule has 3 rings (SSSR count). The Balaban J connectivity index is 1.69. The lowest BCUT2D eigenvalue weighted by Gasteiger charge is -2.37. The van der Waals surface area contributed by atoms with E-state index in [4.69, 9.17) is 11.6 Å². The first kappa shape index (κ1) is 16.9. The number of hydrogen-bond donors (Lipinski definition) is 1. The number of halogens is 2. The summed E-state index contributed by atoms with van der Waals surface area (Å²) < 4.78 is 13.0. The molecule has 1 aliphatic rings. The van der Waals surface area contributed by atoms with Gasteiger partial charge in [-0.2, -0.15) is 0 Å². The van der Waals surface area contributed by atoms with Gasteiger partial charge in [-0.1, -0.05) is 41.9 Å². The van der Waals surface area contributed by atoms with Crippen LogP contribution in [-0.4, -0.2) is 30.4 Å². The maximum absolute atomic E-state index is 13.0. The Morgan fingerprint density at radius 3 is 2.71 bits per heavy atom. The summed E-state index contributed by atoms with van der Waals surface area (Å²) in [5.41, 5.74) is 1.94. The van der Waals surface area contributed by atoms with Crippen LogP contribution in [0.1, 0.15) is 23.6 Å². The van der Waals surface area contributed by atoms with Crippen molar-refractivity contribution in [2.75, 3.05) is 19.6 Å². The minimum atomic E-state index is -0.258. The summed E-state index contributed by atoms with van der Waals surface area (Å²) in [6.45, 7) is 2.15. The fourth-order valence-corrected chi connectivity index (χ4v) is 3.33. The molecule has 1 saturated heterocycles. The van der Waals surface area contributed by atoms with E-state index < -0.39 is 0 Å². The van der Waals surface area contributed by atoms with E-state index in [1.807, 2.05) is 29.2 Å². The number of amides is 1. The van der Waals surface area contributed by atoms with Gasteiger partial charge in [0.05, 0.1) is 6.04 Å². The summed E-state index contributed by atoms with van der Waals surface area (Å²) >= 11 is 6.31. The van der Waals surface area contributed by atoms with Crippen molar-refractivity contribution in [2.24, 2.45) is 0 Å². The van der Waals surface area contributed by atoms with Gasteiger partial charge in [-0.3, -0.25) is 4.79 Å². The van der Waals surface area contributed by atoms with Crippen molar-refractivity contribution < 1.29 is 9.18 Å². The molecular weight excluding hydrogens is 327 g/mol. The zero-order valence-electron chi connectivity index (χ0n) is 13.3. The van der Waals surface area contributed by atoms with Crippen LogP contribution >= 0.6 is 11.6 Å². The zero-order chi connectivity index (χ0) is 16.9. The quantitative estimate of drug-likeness (QED) is 0.917. The largest absolute Gasteiger partial charge is 0.333 e. The monoisotopic (exact) mass is 346 g/mol. The molecular formula is C19H20ClFN2O. The van der Waals surface area contributed by atoms with Gasteiger partial charge in [0.25, 0.3) is 0 Å². The zero-order valence-corrected chi connectivity index (χ0v) is 14.1. The van der Waals surface area contributed by atoms with Crippen LogP contribution in [0.3, 0.4) is 0 Å². The van der Waals surface area contributed by atoms with E-state index in [2.05, 4.69) is 5.32 Å². The van der Waals surface area contributed by atoms with E-state index in [1.165, 1.54) is 12.1 Å². The van der Waals surface area contributed by atoms with Crippen molar-refractivity contribution in [3.05, 3.63) is 70.5 Å². The number of benzene rings is 2. The first-order chi connectivity index (χ1) is 11.6. The number of piperazine rings is 1. The average Bonchev–Trinajstić information content (AvgIpc) is 2.61. The molecule has 1 unspecified atom stereocenters. The van der Waals surface area contributed by atoms with Crippen LogP contribution in [0.5, 0.6) is 0 Å². The van der Waals surface area contributed by atoms with Gasteiger partial charge in [0.2, 0.25) is 5.91 Å². The number of hydrogen-bond acceptors (Lipinski definition) is 2. The molecule has 0 saturated carbocycles. The molecule has 2 aromatic carbocycles. The first-order valence-electron chi connectivity index (χ1n) is 8.14. The predicted octanol–water partition coefficient (Wildman–Crippen LogP) is 3.58. The molecule has 2 aromatic rings. The maximum Gasteiger partial charge on any atom is 0.223 e. The molecule has 1 atom stereocenters. The highest BCUT2D eigenvalue weighted by Gasteiger charge is 2.28. The van der Waals surface area contributed by atoms with E-state index >= 15 is 0 Å². The van der Waals surface area contributed by atoms with Crippen molar-refractivity contribution in [3.8, 4) is 0 Å². The second-order valence-electron chi connectivity index (χ2n) is 5.96. The van der Waals surface area contributed by atoms with Crippen LogP contribution in [0.25, 0.3) is 0 Å². The molecule has 1 heterocycles. The topological polar surface area (TPSA) is 32.3 Å². The van der Waals surface area contributed by atoms with E-state index in [1.54, 1.807) is 12.1 Å². The Bertz CT molecular complexity index is 705. The molecule has 126 valence electrons. The SMILES string of the molecule is O=C(CCc1ccc(F)cc1)N1CCNCC1c1ccccc1Cl. The minimum Gasteiger partial charge on any atom is -0.333 e. The number of nitrogens with zero attached hydrogens (tertiary/aromatic N) is 1. The lowest BCUT2D eigenvalue weighted by Crippen LogP contribution is -2.48. The van der Waals surface area contributed by atoms with Crippen LogP contribution in [-0.2, 0) is 11.2 Å². The molecule has 0 bridgehead atoms. The number of carbonyl (C=O) groups excluding carboxylic acids is 1. The van der Waals surface area contributed by atoms with Gasteiger partial charge in [-0.05, 0) is 35.7 Å². The standard InChI is InChI=1S/C19H20ClFN2O/c20-17-4-2-1-3-16(17)18-13-22-11-12-23(18)19(24)10-7-14-5-8-15(21)9-6-14/h1-6,8-9,18,22H,7,10-13H2. The van der Waals surface area contributed by atoms with Crippen molar-refractivity contribution in [1.29, 1.82) is 0 Å². The number of aryl methyl sites for hydroxylation is 1. The van der Waals surface area contributed by atoms with E-state index in [9.17, 15) is 9.18 Å². The van der Waals surface area contributed by atoms with Crippen molar-refractivity contribution >= 4 is 17.5 Å². The summed E-state index contributed by atoms with van der Waals surface area (Å²) in [4.78, 5) is 14.6. The summed E-state index contributed by atoms with van der Waals surface area (Å²) in [6.07, 6.45) is 1.02. The lowest BCUT2D eigenvalue weighted by molar-refractivity contribution is -0.134. The van der Waals surface area contributed by atoms with E-state index in [0.29, 0.717) is 31.0 Å². The third kappa shape index (κ3) is 3.94. The number of carbonyl (C=O) groups is 1. The van der Waals surface area contributed by atoms with E-state index in [0.717, 1.165) is 17.7 Å². The number of nitrogens with one attached hydrogen (secondary N) is 1. The maximum atomic E-state index is 13.0. The van der Waals surface area contributed by atoms with Gasteiger partial charge < -0.3 is 10.2 Å².